The molecule has 0 atom stereocenters. The lowest BCUT2D eigenvalue weighted by Crippen LogP contribution is -2.50. The van der Waals surface area contributed by atoms with E-state index in [-0.39, 0.29) is 17.6 Å². The Kier molecular flexibility index (Phi) is 6.78. The Labute approximate surface area is 125 Å². The molecule has 21 heavy (non-hydrogen) atoms. The Hall–Kier alpha value is -1.67. The Morgan fingerprint density at radius 3 is 1.62 bits per heavy atom. The fourth-order valence-corrected chi connectivity index (χ4v) is 2.28. The molecule has 2 amide bonds. The van der Waals surface area contributed by atoms with Crippen molar-refractivity contribution in [2.45, 2.75) is 26.4 Å². The normalized spacial score (nSPS) is 11.1. The van der Waals surface area contributed by atoms with E-state index < -0.39 is 33.9 Å². The van der Waals surface area contributed by atoms with Crippen LogP contribution in [-0.4, -0.2) is 60.6 Å². The highest BCUT2D eigenvalue weighted by Crippen LogP contribution is 2.13. The van der Waals surface area contributed by atoms with E-state index in [2.05, 4.69) is 13.2 Å². The van der Waals surface area contributed by atoms with E-state index in [1.807, 2.05) is 0 Å². The summed E-state index contributed by atoms with van der Waals surface area (Å²) < 4.78 is 30.7. The molecule has 0 heterocycles. The van der Waals surface area contributed by atoms with E-state index >= 15 is 0 Å². The quantitative estimate of drug-likeness (QED) is 0.423. The van der Waals surface area contributed by atoms with Gasteiger partial charge in [-0.15, -0.1) is 0 Å². The first-order valence-corrected chi connectivity index (χ1v) is 7.80. The summed E-state index contributed by atoms with van der Waals surface area (Å²) in [6.45, 7) is 10.1. The van der Waals surface area contributed by atoms with E-state index in [0.29, 0.717) is 0 Å². The third-order valence-corrected chi connectivity index (χ3v) is 3.65. The molecule has 0 aliphatic rings. The fraction of sp³-hybridized carbons (Fsp3) is 0.538. The smallest absolute Gasteiger partial charge is 0.265 e. The zero-order valence-electron chi connectivity index (χ0n) is 12.8. The third-order valence-electron chi connectivity index (χ3n) is 2.90. The maximum atomic E-state index is 12.0. The molecule has 0 bridgehead atoms. The molecule has 0 fully saturated rings. The van der Waals surface area contributed by atoms with Gasteiger partial charge in [-0.3, -0.25) is 14.1 Å². The highest BCUT2D eigenvalue weighted by atomic mass is 32.2. The van der Waals surface area contributed by atoms with Gasteiger partial charge in [-0.25, -0.2) is 0 Å². The van der Waals surface area contributed by atoms with Gasteiger partial charge in [-0.1, -0.05) is 13.2 Å². The summed E-state index contributed by atoms with van der Waals surface area (Å²) in [7, 11) is -1.32. The predicted octanol–water partition coefficient (Wildman–Crippen LogP) is 0.659. The molecule has 0 radical (unpaired) electrons. The van der Waals surface area contributed by atoms with Crippen LogP contribution in [0.1, 0.15) is 20.3 Å². The Morgan fingerprint density at radius 1 is 1.05 bits per heavy atom. The van der Waals surface area contributed by atoms with Crippen molar-refractivity contribution in [3.63, 3.8) is 0 Å². The summed E-state index contributed by atoms with van der Waals surface area (Å²) in [5.74, 6) is -1.41. The Morgan fingerprint density at radius 2 is 1.38 bits per heavy atom. The second-order valence-corrected chi connectivity index (χ2v) is 6.52. The summed E-state index contributed by atoms with van der Waals surface area (Å²) in [5.41, 5.74) is 0.510. The van der Waals surface area contributed by atoms with Gasteiger partial charge in [-0.2, -0.15) is 8.42 Å². The molecule has 0 spiro atoms. The van der Waals surface area contributed by atoms with Crippen molar-refractivity contribution in [2.75, 3.05) is 19.8 Å². The van der Waals surface area contributed by atoms with Gasteiger partial charge in [0.05, 0.1) is 5.75 Å². The number of hydrogen-bond acceptors (Lipinski definition) is 4. The summed E-state index contributed by atoms with van der Waals surface area (Å²) >= 11 is 0. The van der Waals surface area contributed by atoms with Crippen molar-refractivity contribution in [3.05, 3.63) is 24.3 Å². The monoisotopic (exact) mass is 318 g/mol. The molecule has 0 aromatic rings. The van der Waals surface area contributed by atoms with Crippen molar-refractivity contribution in [1.82, 2.24) is 9.80 Å². The molecule has 0 saturated heterocycles. The molecule has 0 saturated carbocycles. The van der Waals surface area contributed by atoms with Crippen molar-refractivity contribution in [2.24, 2.45) is 0 Å². The van der Waals surface area contributed by atoms with Crippen LogP contribution in [0.25, 0.3) is 0 Å². The van der Waals surface area contributed by atoms with Crippen LogP contribution in [0.4, 0.5) is 0 Å². The van der Waals surface area contributed by atoms with Crippen LogP contribution in [0.3, 0.4) is 0 Å². The van der Waals surface area contributed by atoms with Crippen LogP contribution in [0.2, 0.25) is 0 Å². The zero-order chi connectivity index (χ0) is 17.0. The summed E-state index contributed by atoms with van der Waals surface area (Å²) in [6.07, 6.45) is -0.954. The van der Waals surface area contributed by atoms with Gasteiger partial charge in [-0.05, 0) is 13.8 Å². The average Bonchev–Trinajstić information content (AvgIpc) is 2.34. The standard InChI is InChI=1S/C13H22N2O5S/c1-9(2)12(16)14(5)11(7-8-21(18,19)20)15(6)13(17)10(3)4/h11H,1,3,7-8H2,2,4-6H3,(H,18,19,20). The molecule has 0 unspecified atom stereocenters. The molecule has 1 N–H and O–H groups in total. The van der Waals surface area contributed by atoms with Gasteiger partial charge in [0.25, 0.3) is 10.1 Å². The minimum atomic E-state index is -4.20. The third kappa shape index (κ3) is 6.09. The van der Waals surface area contributed by atoms with E-state index in [4.69, 9.17) is 4.55 Å². The van der Waals surface area contributed by atoms with Gasteiger partial charge in [0.1, 0.15) is 6.17 Å². The molecule has 0 aliphatic heterocycles. The number of hydrogen-bond donors (Lipinski definition) is 1. The van der Waals surface area contributed by atoms with E-state index in [1.54, 1.807) is 0 Å². The maximum absolute atomic E-state index is 12.0. The van der Waals surface area contributed by atoms with Crippen LogP contribution in [0.15, 0.2) is 24.3 Å². The van der Waals surface area contributed by atoms with E-state index in [9.17, 15) is 18.0 Å². The van der Waals surface area contributed by atoms with Gasteiger partial charge >= 0.3 is 0 Å². The molecule has 120 valence electrons. The van der Waals surface area contributed by atoms with Crippen molar-refractivity contribution in [1.29, 1.82) is 0 Å². The number of carbonyl (C=O) groups excluding carboxylic acids is 2. The van der Waals surface area contributed by atoms with Gasteiger partial charge in [0, 0.05) is 31.7 Å². The molecule has 8 heteroatoms. The first-order chi connectivity index (χ1) is 9.38. The molecule has 0 aliphatic carbocycles. The second kappa shape index (κ2) is 7.37. The topological polar surface area (TPSA) is 95.0 Å². The molecule has 7 nitrogen and oxygen atoms in total. The van der Waals surface area contributed by atoms with Crippen LogP contribution in [-0.2, 0) is 19.7 Å². The van der Waals surface area contributed by atoms with Gasteiger partial charge in [0.15, 0.2) is 0 Å². The van der Waals surface area contributed by atoms with Crippen LogP contribution in [0, 0.1) is 0 Å². The number of carbonyl (C=O) groups is 2. The molecular formula is C13H22N2O5S. The predicted molar refractivity (Wildman–Crippen MR) is 80.0 cm³/mol. The summed E-state index contributed by atoms with van der Waals surface area (Å²) in [4.78, 5) is 26.4. The SMILES string of the molecule is C=C(C)C(=O)N(C)C(CCS(=O)(=O)O)N(C)C(=O)C(=C)C. The highest BCUT2D eigenvalue weighted by molar-refractivity contribution is 7.85. The van der Waals surface area contributed by atoms with Crippen molar-refractivity contribution >= 4 is 21.9 Å². The van der Waals surface area contributed by atoms with Crippen molar-refractivity contribution < 1.29 is 22.6 Å². The minimum absolute atomic E-state index is 0.121. The number of amides is 2. The number of rotatable bonds is 7. The number of likely N-dealkylation sites (N-methyl/N-ethyl adjacent to an activating group) is 2. The molecule has 0 rings (SSSR count). The largest absolute Gasteiger partial charge is 0.321 e. The molecular weight excluding hydrogens is 296 g/mol. The highest BCUT2D eigenvalue weighted by Gasteiger charge is 2.28. The summed E-state index contributed by atoms with van der Waals surface area (Å²) in [5, 5.41) is 0. The Balaban J connectivity index is 5.36. The van der Waals surface area contributed by atoms with Crippen LogP contribution < -0.4 is 0 Å². The van der Waals surface area contributed by atoms with Crippen LogP contribution >= 0.6 is 0 Å². The Bertz CT molecular complexity index is 521. The molecule has 0 aromatic carbocycles. The lowest BCUT2D eigenvalue weighted by molar-refractivity contribution is -0.138. The number of nitrogens with zero attached hydrogens (tertiary/aromatic N) is 2. The first kappa shape index (κ1) is 19.3. The van der Waals surface area contributed by atoms with Gasteiger partial charge < -0.3 is 9.80 Å². The first-order valence-electron chi connectivity index (χ1n) is 6.19. The van der Waals surface area contributed by atoms with Crippen molar-refractivity contribution in [3.8, 4) is 0 Å². The lowest BCUT2D eigenvalue weighted by atomic mass is 10.2. The minimum Gasteiger partial charge on any atom is -0.321 e. The van der Waals surface area contributed by atoms with Crippen LogP contribution in [0.5, 0.6) is 0 Å². The second-order valence-electron chi connectivity index (χ2n) is 4.95. The summed E-state index contributed by atoms with van der Waals surface area (Å²) in [6, 6.07) is 0. The lowest BCUT2D eigenvalue weighted by Gasteiger charge is -2.35. The fourth-order valence-electron chi connectivity index (χ4n) is 1.77. The van der Waals surface area contributed by atoms with Gasteiger partial charge in [0.2, 0.25) is 11.8 Å². The average molecular weight is 318 g/mol. The zero-order valence-corrected chi connectivity index (χ0v) is 13.6. The molecule has 0 aromatic heterocycles. The van der Waals surface area contributed by atoms with E-state index in [0.717, 1.165) is 0 Å². The van der Waals surface area contributed by atoms with E-state index in [1.165, 1.54) is 37.7 Å². The maximum Gasteiger partial charge on any atom is 0.265 e.